The molecule has 0 bridgehead atoms. The molecule has 0 N–H and O–H groups in total. The number of halogens is 1. The molecule has 1 saturated heterocycles. The Balaban J connectivity index is 1.63. The van der Waals surface area contributed by atoms with Gasteiger partial charge in [-0.15, -0.1) is 13.2 Å². The van der Waals surface area contributed by atoms with Gasteiger partial charge in [0.25, 0.3) is 5.91 Å². The van der Waals surface area contributed by atoms with Crippen molar-refractivity contribution in [3.63, 3.8) is 0 Å². The van der Waals surface area contributed by atoms with Crippen LogP contribution in [0.25, 0.3) is 0 Å². The Morgan fingerprint density at radius 2 is 1.80 bits per heavy atom. The minimum absolute atomic E-state index is 0.0499. The molecule has 3 rings (SSSR count). The number of hydrogen-bond acceptors (Lipinski definition) is 7. The van der Waals surface area contributed by atoms with E-state index in [4.69, 9.17) is 16.3 Å². The number of nitrogens with zero attached hydrogens (tertiary/aromatic N) is 5. The number of carbonyl (C=O) groups is 2. The first-order chi connectivity index (χ1) is 16.9. The largest absolute Gasteiger partial charge is 0.450 e. The predicted octanol–water partition coefficient (Wildman–Crippen LogP) is 4.52. The molecule has 2 aromatic rings. The van der Waals surface area contributed by atoms with Gasteiger partial charge in [-0.1, -0.05) is 47.6 Å². The second-order valence-electron chi connectivity index (χ2n) is 7.78. The second kappa shape index (κ2) is 13.2. The molecule has 8 nitrogen and oxygen atoms in total. The van der Waals surface area contributed by atoms with Gasteiger partial charge in [-0.2, -0.15) is 0 Å². The van der Waals surface area contributed by atoms with Crippen LogP contribution < -0.4 is 4.90 Å². The standard InChI is InChI=1S/C25H30ClN5O3S/c1-4-10-29(11-5-2)22-17-21(26)27-24(28-22)35-18-19-8-7-9-20(16-19)23(32)30-12-14-31(15-13-30)25(33)34-6-3/h4-5,7-9,16-17H,1-2,6,10-15,18H2,3H3. The molecule has 0 radical (unpaired) electrons. The molecular weight excluding hydrogens is 486 g/mol. The van der Waals surface area contributed by atoms with Crippen molar-refractivity contribution in [2.45, 2.75) is 17.8 Å². The number of hydrogen-bond donors (Lipinski definition) is 0. The first-order valence-corrected chi connectivity index (χ1v) is 12.8. The number of benzene rings is 1. The van der Waals surface area contributed by atoms with Crippen molar-refractivity contribution in [1.82, 2.24) is 19.8 Å². The summed E-state index contributed by atoms with van der Waals surface area (Å²) in [4.78, 5) is 39.3. The Labute approximate surface area is 215 Å². The van der Waals surface area contributed by atoms with E-state index in [0.717, 1.165) is 5.56 Å². The molecule has 2 amide bonds. The summed E-state index contributed by atoms with van der Waals surface area (Å²) in [6, 6.07) is 9.26. The fraction of sp³-hybridized carbons (Fsp3) is 0.360. The highest BCUT2D eigenvalue weighted by atomic mass is 35.5. The van der Waals surface area contributed by atoms with E-state index in [9.17, 15) is 9.59 Å². The van der Waals surface area contributed by atoms with E-state index in [1.165, 1.54) is 11.8 Å². The van der Waals surface area contributed by atoms with Crippen molar-refractivity contribution >= 4 is 41.2 Å². The molecular formula is C25H30ClN5O3S. The SMILES string of the molecule is C=CCN(CC=C)c1cc(Cl)nc(SCc2cccc(C(=O)N3CCN(C(=O)OCC)CC3)c2)n1. The monoisotopic (exact) mass is 515 g/mol. The zero-order chi connectivity index (χ0) is 25.2. The quantitative estimate of drug-likeness (QED) is 0.199. The molecule has 2 heterocycles. The van der Waals surface area contributed by atoms with Crippen molar-refractivity contribution in [2.24, 2.45) is 0 Å². The lowest BCUT2D eigenvalue weighted by atomic mass is 10.1. The maximum absolute atomic E-state index is 13.0. The van der Waals surface area contributed by atoms with Crippen LogP contribution in [-0.2, 0) is 10.5 Å². The lowest BCUT2D eigenvalue weighted by Gasteiger charge is -2.34. The van der Waals surface area contributed by atoms with Crippen LogP contribution in [-0.4, -0.2) is 77.6 Å². The summed E-state index contributed by atoms with van der Waals surface area (Å²) in [5, 5.41) is 0.916. The molecule has 1 aliphatic heterocycles. The van der Waals surface area contributed by atoms with Gasteiger partial charge in [0, 0.05) is 56.7 Å². The molecule has 1 aromatic carbocycles. The molecule has 35 heavy (non-hydrogen) atoms. The van der Waals surface area contributed by atoms with Crippen LogP contribution >= 0.6 is 23.4 Å². The average molecular weight is 516 g/mol. The van der Waals surface area contributed by atoms with Gasteiger partial charge in [-0.3, -0.25) is 4.79 Å². The van der Waals surface area contributed by atoms with Crippen molar-refractivity contribution < 1.29 is 14.3 Å². The third-order valence-corrected chi connectivity index (χ3v) is 6.43. The van der Waals surface area contributed by atoms with Crippen LogP contribution in [0.5, 0.6) is 0 Å². The minimum atomic E-state index is -0.331. The van der Waals surface area contributed by atoms with Crippen LogP contribution in [0.1, 0.15) is 22.8 Å². The lowest BCUT2D eigenvalue weighted by Crippen LogP contribution is -2.50. The van der Waals surface area contributed by atoms with E-state index in [1.807, 2.05) is 29.2 Å². The summed E-state index contributed by atoms with van der Waals surface area (Å²) in [5.41, 5.74) is 1.59. The van der Waals surface area contributed by atoms with Crippen molar-refractivity contribution in [1.29, 1.82) is 0 Å². The molecule has 0 unspecified atom stereocenters. The van der Waals surface area contributed by atoms with Gasteiger partial charge >= 0.3 is 6.09 Å². The highest BCUT2D eigenvalue weighted by Crippen LogP contribution is 2.25. The summed E-state index contributed by atoms with van der Waals surface area (Å²) in [6.07, 6.45) is 3.26. The van der Waals surface area contributed by atoms with E-state index in [-0.39, 0.29) is 12.0 Å². The third-order valence-electron chi connectivity index (χ3n) is 5.32. The fourth-order valence-corrected chi connectivity index (χ4v) is 4.64. The van der Waals surface area contributed by atoms with Gasteiger partial charge in [0.2, 0.25) is 0 Å². The van der Waals surface area contributed by atoms with Gasteiger partial charge < -0.3 is 19.4 Å². The van der Waals surface area contributed by atoms with Crippen molar-refractivity contribution in [3.8, 4) is 0 Å². The van der Waals surface area contributed by atoms with E-state index < -0.39 is 0 Å². The zero-order valence-electron chi connectivity index (χ0n) is 19.9. The molecule has 1 aliphatic rings. The number of aromatic nitrogens is 2. The van der Waals surface area contributed by atoms with Gasteiger partial charge in [0.1, 0.15) is 11.0 Å². The highest BCUT2D eigenvalue weighted by Gasteiger charge is 2.25. The molecule has 1 aromatic heterocycles. The Hall–Kier alpha value is -3.04. The number of amides is 2. The number of thioether (sulfide) groups is 1. The van der Waals surface area contributed by atoms with E-state index in [1.54, 1.807) is 34.9 Å². The molecule has 1 fully saturated rings. The Morgan fingerprint density at radius 1 is 1.11 bits per heavy atom. The van der Waals surface area contributed by atoms with Crippen LogP contribution in [0.2, 0.25) is 5.15 Å². The lowest BCUT2D eigenvalue weighted by molar-refractivity contribution is 0.0570. The average Bonchev–Trinajstić information content (AvgIpc) is 2.87. The Kier molecular flexibility index (Phi) is 9.98. The van der Waals surface area contributed by atoms with Gasteiger partial charge in [-0.25, -0.2) is 14.8 Å². The number of carbonyl (C=O) groups excluding carboxylic acids is 2. The third kappa shape index (κ3) is 7.47. The maximum Gasteiger partial charge on any atom is 0.409 e. The first-order valence-electron chi connectivity index (χ1n) is 11.4. The molecule has 0 atom stereocenters. The second-order valence-corrected chi connectivity index (χ2v) is 9.11. The highest BCUT2D eigenvalue weighted by molar-refractivity contribution is 7.98. The van der Waals surface area contributed by atoms with Crippen molar-refractivity contribution in [3.05, 3.63) is 71.9 Å². The summed E-state index contributed by atoms with van der Waals surface area (Å²) in [6.45, 7) is 12.8. The first kappa shape index (κ1) is 26.6. The summed E-state index contributed by atoms with van der Waals surface area (Å²) in [7, 11) is 0. The fourth-order valence-electron chi connectivity index (χ4n) is 3.62. The van der Waals surface area contributed by atoms with Crippen LogP contribution in [0, 0.1) is 0 Å². The van der Waals surface area contributed by atoms with E-state index in [0.29, 0.717) is 73.3 Å². The molecule has 0 saturated carbocycles. The van der Waals surface area contributed by atoms with Crippen LogP contribution in [0.3, 0.4) is 0 Å². The summed E-state index contributed by atoms with van der Waals surface area (Å²) >= 11 is 7.70. The molecule has 186 valence electrons. The molecule has 0 spiro atoms. The van der Waals surface area contributed by atoms with Crippen LogP contribution in [0.4, 0.5) is 10.6 Å². The Morgan fingerprint density at radius 3 is 2.46 bits per heavy atom. The summed E-state index contributed by atoms with van der Waals surface area (Å²) in [5.74, 6) is 1.24. The minimum Gasteiger partial charge on any atom is -0.450 e. The summed E-state index contributed by atoms with van der Waals surface area (Å²) < 4.78 is 5.04. The van der Waals surface area contributed by atoms with E-state index in [2.05, 4.69) is 23.1 Å². The number of rotatable bonds is 10. The number of piperazine rings is 1. The van der Waals surface area contributed by atoms with E-state index >= 15 is 0 Å². The predicted molar refractivity (Wildman–Crippen MR) is 140 cm³/mol. The van der Waals surface area contributed by atoms with Crippen LogP contribution in [0.15, 0.2) is 60.8 Å². The van der Waals surface area contributed by atoms with Gasteiger partial charge in [0.05, 0.1) is 6.61 Å². The maximum atomic E-state index is 13.0. The van der Waals surface area contributed by atoms with Crippen molar-refractivity contribution in [2.75, 3.05) is 50.8 Å². The number of ether oxygens (including phenoxy) is 1. The smallest absolute Gasteiger partial charge is 0.409 e. The van der Waals surface area contributed by atoms with Gasteiger partial charge in [0.15, 0.2) is 5.16 Å². The molecule has 0 aliphatic carbocycles. The normalized spacial score (nSPS) is 13.3. The molecule has 10 heteroatoms. The topological polar surface area (TPSA) is 78.9 Å². The number of anilines is 1. The Bertz CT molecular complexity index is 1050. The zero-order valence-corrected chi connectivity index (χ0v) is 21.4. The van der Waals surface area contributed by atoms with Gasteiger partial charge in [-0.05, 0) is 24.6 Å².